The molecule has 0 aliphatic carbocycles. The first-order valence-electron chi connectivity index (χ1n) is 12.9. The highest BCUT2D eigenvalue weighted by molar-refractivity contribution is 5.64. The Labute approximate surface area is 220 Å². The van der Waals surface area contributed by atoms with Crippen molar-refractivity contribution in [3.05, 3.63) is 65.9 Å². The van der Waals surface area contributed by atoms with E-state index in [9.17, 15) is 5.26 Å². The van der Waals surface area contributed by atoms with Crippen LogP contribution in [-0.2, 0) is 12.8 Å². The van der Waals surface area contributed by atoms with E-state index < -0.39 is 0 Å². The van der Waals surface area contributed by atoms with Crippen molar-refractivity contribution in [3.63, 3.8) is 0 Å². The van der Waals surface area contributed by atoms with Crippen molar-refractivity contribution < 1.29 is 9.26 Å². The molecule has 1 aliphatic rings. The molecule has 0 saturated heterocycles. The maximum Gasteiger partial charge on any atom is 0.258 e. The molecule has 1 aromatic heterocycles. The number of hydrogen-bond acceptors (Lipinski definition) is 8. The van der Waals surface area contributed by atoms with E-state index in [-0.39, 0.29) is 6.10 Å². The lowest BCUT2D eigenvalue weighted by Crippen LogP contribution is -2.32. The zero-order chi connectivity index (χ0) is 26.6. The van der Waals surface area contributed by atoms with E-state index >= 15 is 0 Å². The van der Waals surface area contributed by atoms with Crippen LogP contribution >= 0.6 is 0 Å². The normalized spacial score (nSPS) is 13.1. The third kappa shape index (κ3) is 7.91. The average Bonchev–Trinajstić information content (AvgIpc) is 3.30. The van der Waals surface area contributed by atoms with Crippen LogP contribution in [0, 0.1) is 11.3 Å². The van der Waals surface area contributed by atoms with Crippen molar-refractivity contribution in [1.29, 1.82) is 5.26 Å². The highest BCUT2D eigenvalue weighted by atomic mass is 16.5. The van der Waals surface area contributed by atoms with E-state index in [4.69, 9.17) is 9.26 Å². The van der Waals surface area contributed by atoms with Gasteiger partial charge in [0.25, 0.3) is 5.89 Å². The Kier molecular flexibility index (Phi) is 10.7. The van der Waals surface area contributed by atoms with Gasteiger partial charge >= 0.3 is 0 Å². The van der Waals surface area contributed by atoms with Gasteiger partial charge in [-0.3, -0.25) is 0 Å². The number of likely N-dealkylation sites (N-methyl/N-ethyl adjacent to an activating group) is 1. The Balaban J connectivity index is 0.000000695. The number of benzene rings is 2. The summed E-state index contributed by atoms with van der Waals surface area (Å²) in [6, 6.07) is 14.0. The number of nitrogens with zero attached hydrogens (tertiary/aromatic N) is 4. The topological polar surface area (TPSA) is 99.2 Å². The van der Waals surface area contributed by atoms with Crippen molar-refractivity contribution >= 4 is 0 Å². The minimum absolute atomic E-state index is 0.00782. The molecule has 1 aliphatic heterocycles. The molecule has 0 unspecified atom stereocenters. The van der Waals surface area contributed by atoms with Crippen LogP contribution in [0.4, 0.5) is 0 Å². The molecule has 0 saturated carbocycles. The predicted octanol–water partition coefficient (Wildman–Crippen LogP) is 4.42. The number of ether oxygens (including phenoxy) is 1. The number of fused-ring (bicyclic) bond motifs is 1. The van der Waals surface area contributed by atoms with E-state index in [1.807, 2.05) is 33.9 Å². The van der Waals surface area contributed by atoms with Gasteiger partial charge in [0, 0.05) is 43.9 Å². The Morgan fingerprint density at radius 3 is 2.57 bits per heavy atom. The molecule has 0 atom stereocenters. The van der Waals surface area contributed by atoms with E-state index in [1.54, 1.807) is 18.3 Å². The number of nitrogens with one attached hydrogen (secondary N) is 2. The summed E-state index contributed by atoms with van der Waals surface area (Å²) in [5.41, 5.74) is 4.84. The van der Waals surface area contributed by atoms with Crippen LogP contribution in [0.5, 0.6) is 5.75 Å². The van der Waals surface area contributed by atoms with Gasteiger partial charge in [-0.05, 0) is 82.3 Å². The maximum atomic E-state index is 9.48. The fourth-order valence-electron chi connectivity index (χ4n) is 4.11. The first-order valence-corrected chi connectivity index (χ1v) is 12.9. The van der Waals surface area contributed by atoms with Gasteiger partial charge in [0.15, 0.2) is 0 Å². The summed E-state index contributed by atoms with van der Waals surface area (Å²) in [5, 5.41) is 19.8. The lowest BCUT2D eigenvalue weighted by molar-refractivity contribution is 0.241. The van der Waals surface area contributed by atoms with Crippen LogP contribution in [0.25, 0.3) is 22.8 Å². The van der Waals surface area contributed by atoms with Crippen molar-refractivity contribution in [2.75, 3.05) is 39.8 Å². The van der Waals surface area contributed by atoms with Gasteiger partial charge in [-0.1, -0.05) is 23.9 Å². The van der Waals surface area contributed by atoms with Crippen LogP contribution in [-0.4, -0.2) is 60.9 Å². The van der Waals surface area contributed by atoms with Crippen molar-refractivity contribution in [3.8, 4) is 34.7 Å². The molecule has 2 aromatic carbocycles. The van der Waals surface area contributed by atoms with Crippen LogP contribution in [0.2, 0.25) is 0 Å². The quantitative estimate of drug-likeness (QED) is 0.444. The molecule has 37 heavy (non-hydrogen) atoms. The summed E-state index contributed by atoms with van der Waals surface area (Å²) in [5.74, 6) is 1.50. The molecule has 0 radical (unpaired) electrons. The second-order valence-electron chi connectivity index (χ2n) is 9.10. The summed E-state index contributed by atoms with van der Waals surface area (Å²) in [7, 11) is 1.99. The molecule has 3 aromatic rings. The molecule has 8 nitrogen and oxygen atoms in total. The lowest BCUT2D eigenvalue weighted by atomic mass is 10.00. The van der Waals surface area contributed by atoms with Crippen LogP contribution in [0.15, 0.2) is 53.7 Å². The van der Waals surface area contributed by atoms with Gasteiger partial charge in [-0.15, -0.1) is 0 Å². The second-order valence-corrected chi connectivity index (χ2v) is 9.10. The Hall–Kier alpha value is -3.67. The third-order valence-electron chi connectivity index (χ3n) is 6.02. The minimum Gasteiger partial charge on any atom is -0.490 e. The molecular weight excluding hydrogens is 464 g/mol. The fourth-order valence-corrected chi connectivity index (χ4v) is 4.11. The third-order valence-corrected chi connectivity index (χ3v) is 6.02. The second kappa shape index (κ2) is 14.2. The monoisotopic (exact) mass is 502 g/mol. The smallest absolute Gasteiger partial charge is 0.258 e. The standard InChI is InChI=1S/C25H29N5O2.C4H9N/c1-17(2)31-23-7-6-21(15-22(23)16-26)25-28-24(29-32-25)20-5-4-18-8-11-30(13-10-27-3)12-9-19(18)14-20;1-3-5-4-2/h4-7,14-15,17,27H,8-13H2,1-3H3;3,5H,1,4H2,2H3. The predicted molar refractivity (Wildman–Crippen MR) is 147 cm³/mol. The molecule has 196 valence electrons. The lowest BCUT2D eigenvalue weighted by Gasteiger charge is -2.19. The van der Waals surface area contributed by atoms with Gasteiger partial charge in [-0.2, -0.15) is 10.2 Å². The SMILES string of the molecule is C=CNCC.CNCCN1CCc2ccc(-c3noc(-c4ccc(OC(C)C)c(C#N)c4)n3)cc2CC1. The average molecular weight is 503 g/mol. The van der Waals surface area contributed by atoms with Crippen LogP contribution in [0.3, 0.4) is 0 Å². The Morgan fingerprint density at radius 2 is 1.92 bits per heavy atom. The van der Waals surface area contributed by atoms with Gasteiger partial charge in [-0.25, -0.2) is 0 Å². The van der Waals surface area contributed by atoms with E-state index in [2.05, 4.69) is 56.5 Å². The van der Waals surface area contributed by atoms with Gasteiger partial charge in [0.2, 0.25) is 5.82 Å². The summed E-state index contributed by atoms with van der Waals surface area (Å²) in [6.07, 6.45) is 3.74. The molecule has 0 amide bonds. The summed E-state index contributed by atoms with van der Waals surface area (Å²) < 4.78 is 11.2. The molecule has 8 heteroatoms. The van der Waals surface area contributed by atoms with E-state index in [1.165, 1.54) is 11.1 Å². The number of hydrogen-bond donors (Lipinski definition) is 2. The number of rotatable bonds is 9. The first-order chi connectivity index (χ1) is 18.0. The molecular formula is C29H38N6O2. The molecule has 0 bridgehead atoms. The zero-order valence-electron chi connectivity index (χ0n) is 22.4. The minimum atomic E-state index is -0.00782. The van der Waals surface area contributed by atoms with Gasteiger partial charge in [0.1, 0.15) is 11.8 Å². The largest absolute Gasteiger partial charge is 0.490 e. The molecule has 4 rings (SSSR count). The van der Waals surface area contributed by atoms with Gasteiger partial charge in [0.05, 0.1) is 11.7 Å². The molecule has 0 spiro atoms. The number of nitriles is 1. The summed E-state index contributed by atoms with van der Waals surface area (Å²) >= 11 is 0. The fraction of sp³-hybridized carbons (Fsp3) is 0.414. The van der Waals surface area contributed by atoms with Crippen molar-refractivity contribution in [2.45, 2.75) is 39.7 Å². The molecule has 2 heterocycles. The van der Waals surface area contributed by atoms with Crippen LogP contribution < -0.4 is 15.4 Å². The highest BCUT2D eigenvalue weighted by Gasteiger charge is 2.17. The van der Waals surface area contributed by atoms with Crippen molar-refractivity contribution in [1.82, 2.24) is 25.7 Å². The number of aromatic nitrogens is 2. The molecule has 0 fully saturated rings. The Morgan fingerprint density at radius 1 is 1.16 bits per heavy atom. The molecule has 2 N–H and O–H groups in total. The van der Waals surface area contributed by atoms with Crippen LogP contribution in [0.1, 0.15) is 37.5 Å². The maximum absolute atomic E-state index is 9.48. The summed E-state index contributed by atoms with van der Waals surface area (Å²) in [4.78, 5) is 7.10. The van der Waals surface area contributed by atoms with Gasteiger partial charge < -0.3 is 24.8 Å². The van der Waals surface area contributed by atoms with Crippen molar-refractivity contribution in [2.24, 2.45) is 0 Å². The van der Waals surface area contributed by atoms with E-state index in [0.29, 0.717) is 28.6 Å². The summed E-state index contributed by atoms with van der Waals surface area (Å²) in [6.45, 7) is 14.5. The Bertz CT molecular complexity index is 1200. The van der Waals surface area contributed by atoms with E-state index in [0.717, 1.165) is 51.1 Å². The first kappa shape index (κ1) is 27.9. The highest BCUT2D eigenvalue weighted by Crippen LogP contribution is 2.29. The zero-order valence-corrected chi connectivity index (χ0v) is 22.4.